The minimum absolute atomic E-state index is 0. The standard InChI is InChI=1S/Na.H3O2P.5H2O/c;1-3-2;;;;;/h;3H2,(H,1,2);5*1H2/q+1;;;;;;/p-1. The third-order valence-corrected chi connectivity index (χ3v) is 0. The third kappa shape index (κ3) is 448. The molecule has 1 atom stereocenters. The molecule has 1 unspecified atom stereocenters. The van der Waals surface area contributed by atoms with Gasteiger partial charge in [-0.1, -0.05) is 0 Å². The van der Waals surface area contributed by atoms with E-state index >= 15 is 0 Å². The van der Waals surface area contributed by atoms with Crippen LogP contribution in [0.3, 0.4) is 0 Å². The van der Waals surface area contributed by atoms with Crippen LogP contribution in [0.4, 0.5) is 0 Å². The van der Waals surface area contributed by atoms with E-state index in [0.717, 1.165) is 0 Å². The smallest absolute Gasteiger partial charge is 0.804 e. The molecule has 9 heavy (non-hydrogen) atoms. The molecule has 60 valence electrons. The molecule has 0 aliphatic heterocycles. The van der Waals surface area contributed by atoms with E-state index in [9.17, 15) is 0 Å². The molecule has 0 aliphatic rings. The van der Waals surface area contributed by atoms with E-state index < -0.39 is 8.69 Å². The van der Waals surface area contributed by atoms with Crippen LogP contribution in [0, 0.1) is 0 Å². The predicted octanol–water partition coefficient (Wildman–Crippen LogP) is -8.10. The van der Waals surface area contributed by atoms with Gasteiger partial charge in [0.25, 0.3) is 0 Å². The number of hydrogen-bond acceptors (Lipinski definition) is 2. The second kappa shape index (κ2) is 145. The van der Waals surface area contributed by atoms with Gasteiger partial charge in [0.05, 0.1) is 0 Å². The molecule has 0 aromatic rings. The number of hydrogen-bond donors (Lipinski definition) is 0. The zero-order valence-electron chi connectivity index (χ0n) is 4.89. The molecule has 0 saturated carbocycles. The molecule has 9 heteroatoms. The summed E-state index contributed by atoms with van der Waals surface area (Å²) in [4.78, 5) is 8.46. The van der Waals surface area contributed by atoms with Crippen molar-refractivity contribution in [2.24, 2.45) is 0 Å². The Morgan fingerprint density at radius 3 is 0.889 bits per heavy atom. The minimum Gasteiger partial charge on any atom is -0.804 e. The van der Waals surface area contributed by atoms with Crippen LogP contribution in [-0.2, 0) is 4.57 Å². The van der Waals surface area contributed by atoms with Gasteiger partial charge in [-0.05, 0) is 8.69 Å². The monoisotopic (exact) mass is 178 g/mol. The summed E-state index contributed by atoms with van der Waals surface area (Å²) >= 11 is 0. The van der Waals surface area contributed by atoms with Crippen molar-refractivity contribution in [2.45, 2.75) is 0 Å². The maximum atomic E-state index is 8.46. The molecule has 0 aliphatic carbocycles. The molecule has 0 aromatic carbocycles. The molecule has 0 fully saturated rings. The van der Waals surface area contributed by atoms with Gasteiger partial charge in [-0.15, -0.1) is 0 Å². The van der Waals surface area contributed by atoms with Crippen LogP contribution in [0.2, 0.25) is 0 Å². The Morgan fingerprint density at radius 1 is 0.889 bits per heavy atom. The Balaban J connectivity index is -0.00000000133. The Hall–Kier alpha value is 0.990. The number of rotatable bonds is 0. The van der Waals surface area contributed by atoms with Gasteiger partial charge in [-0.3, -0.25) is 0 Å². The second-order valence-electron chi connectivity index (χ2n) is 0.0962. The zero-order chi connectivity index (χ0) is 2.71. The largest absolute Gasteiger partial charge is 1.00 e. The van der Waals surface area contributed by atoms with E-state index in [1.54, 1.807) is 0 Å². The predicted molar refractivity (Wildman–Crippen MR) is 28.5 cm³/mol. The quantitative estimate of drug-likeness (QED) is 0.262. The van der Waals surface area contributed by atoms with Crippen LogP contribution in [0.15, 0.2) is 0 Å². The molecule has 0 spiro atoms. The van der Waals surface area contributed by atoms with E-state index in [2.05, 4.69) is 0 Å². The molecule has 0 amide bonds. The van der Waals surface area contributed by atoms with E-state index in [4.69, 9.17) is 9.46 Å². The minimum atomic E-state index is -1.75. The van der Waals surface area contributed by atoms with E-state index in [-0.39, 0.29) is 56.9 Å². The third-order valence-electron chi connectivity index (χ3n) is 0. The molecular weight excluding hydrogens is 166 g/mol. The molecule has 0 bridgehead atoms. The fourth-order valence-electron chi connectivity index (χ4n) is 0. The summed E-state index contributed by atoms with van der Waals surface area (Å²) in [6.45, 7) is 0. The van der Waals surface area contributed by atoms with Gasteiger partial charge >= 0.3 is 29.6 Å². The van der Waals surface area contributed by atoms with Crippen molar-refractivity contribution in [1.29, 1.82) is 0 Å². The molecule has 10 N–H and O–H groups in total. The van der Waals surface area contributed by atoms with Crippen molar-refractivity contribution in [1.82, 2.24) is 0 Å². The Bertz CT molecular complexity index is 16.4. The summed E-state index contributed by atoms with van der Waals surface area (Å²) in [7, 11) is -1.75. The van der Waals surface area contributed by atoms with Gasteiger partial charge in [0.2, 0.25) is 0 Å². The Morgan fingerprint density at radius 2 is 0.889 bits per heavy atom. The maximum absolute atomic E-state index is 8.46. The molecule has 0 saturated heterocycles. The van der Waals surface area contributed by atoms with Crippen LogP contribution in [-0.4, -0.2) is 27.4 Å². The fraction of sp³-hybridized carbons (Fsp3) is 0. The van der Waals surface area contributed by atoms with Crippen LogP contribution >= 0.6 is 8.69 Å². The normalized spacial score (nSPS) is 3.22. The van der Waals surface area contributed by atoms with Crippen molar-refractivity contribution >= 4 is 8.69 Å². The van der Waals surface area contributed by atoms with Gasteiger partial charge in [0.15, 0.2) is 0 Å². The average molecular weight is 178 g/mol. The van der Waals surface area contributed by atoms with Gasteiger partial charge in [0.1, 0.15) is 0 Å². The topological polar surface area (TPSA) is 198 Å². The van der Waals surface area contributed by atoms with Crippen LogP contribution in [0.1, 0.15) is 0 Å². The van der Waals surface area contributed by atoms with Crippen molar-refractivity contribution in [2.75, 3.05) is 0 Å². The fourth-order valence-corrected chi connectivity index (χ4v) is 0. The van der Waals surface area contributed by atoms with Gasteiger partial charge in [-0.25, -0.2) is 0 Å². The molecular formula is H12NaO7P. The Labute approximate surface area is 75.2 Å². The maximum Gasteiger partial charge on any atom is 1.00 e. The van der Waals surface area contributed by atoms with Gasteiger partial charge in [-0.2, -0.15) is 0 Å². The first-order valence-corrected chi connectivity index (χ1v) is 1.41. The van der Waals surface area contributed by atoms with Crippen molar-refractivity contribution in [3.8, 4) is 0 Å². The first-order valence-electron chi connectivity index (χ1n) is 0.471. The first-order chi connectivity index (χ1) is 1.41. The Kier molecular flexibility index (Phi) is 1450. The van der Waals surface area contributed by atoms with Crippen molar-refractivity contribution in [3.63, 3.8) is 0 Å². The van der Waals surface area contributed by atoms with E-state index in [0.29, 0.717) is 0 Å². The molecule has 0 aromatic heterocycles. The van der Waals surface area contributed by atoms with E-state index in [1.807, 2.05) is 0 Å². The van der Waals surface area contributed by atoms with E-state index in [1.165, 1.54) is 0 Å². The van der Waals surface area contributed by atoms with Crippen molar-refractivity contribution in [3.05, 3.63) is 0 Å². The van der Waals surface area contributed by atoms with Crippen LogP contribution in [0.5, 0.6) is 0 Å². The summed E-state index contributed by atoms with van der Waals surface area (Å²) < 4.78 is 8.46. The zero-order valence-corrected chi connectivity index (χ0v) is 8.05. The van der Waals surface area contributed by atoms with Crippen molar-refractivity contribution < 1.29 is 66.4 Å². The van der Waals surface area contributed by atoms with Gasteiger partial charge in [0, 0.05) is 0 Å². The molecule has 0 rings (SSSR count). The first kappa shape index (κ1) is 90.3. The van der Waals surface area contributed by atoms with Crippen LogP contribution < -0.4 is 34.5 Å². The summed E-state index contributed by atoms with van der Waals surface area (Å²) in [6.07, 6.45) is 0. The summed E-state index contributed by atoms with van der Waals surface area (Å²) in [5, 5.41) is 0. The van der Waals surface area contributed by atoms with Gasteiger partial charge < -0.3 is 36.8 Å². The van der Waals surface area contributed by atoms with Crippen LogP contribution in [0.25, 0.3) is 0 Å². The molecule has 7 nitrogen and oxygen atoms in total. The molecule has 0 radical (unpaired) electrons. The SMILES string of the molecule is O.O.O.O.O.O=[PH2][O-].[Na+]. The summed E-state index contributed by atoms with van der Waals surface area (Å²) in [5.41, 5.74) is 0. The second-order valence-corrected chi connectivity index (χ2v) is 0.289. The molecule has 0 heterocycles. The summed E-state index contributed by atoms with van der Waals surface area (Å²) in [6, 6.07) is 0. The summed E-state index contributed by atoms with van der Waals surface area (Å²) in [5.74, 6) is 0. The average Bonchev–Trinajstić information content (AvgIpc) is 0.918.